The van der Waals surface area contributed by atoms with E-state index in [-0.39, 0.29) is 5.92 Å². The van der Waals surface area contributed by atoms with E-state index < -0.39 is 5.97 Å². The van der Waals surface area contributed by atoms with Gasteiger partial charge >= 0.3 is 5.97 Å². The molecule has 0 radical (unpaired) electrons. The van der Waals surface area contributed by atoms with E-state index >= 15 is 0 Å². The summed E-state index contributed by atoms with van der Waals surface area (Å²) in [7, 11) is 2.04. The highest BCUT2D eigenvalue weighted by atomic mass is 16.4. The Bertz CT molecular complexity index is 730. The van der Waals surface area contributed by atoms with Crippen molar-refractivity contribution < 1.29 is 9.90 Å². The fraction of sp³-hybridized carbons (Fsp3) is 0.500. The van der Waals surface area contributed by atoms with Crippen molar-refractivity contribution in [2.45, 2.75) is 46.3 Å². The Kier molecular flexibility index (Phi) is 3.73. The zero-order valence-corrected chi connectivity index (χ0v) is 13.8. The van der Waals surface area contributed by atoms with Gasteiger partial charge in [0.15, 0.2) is 0 Å². The summed E-state index contributed by atoms with van der Waals surface area (Å²) in [6, 6.07) is 5.10. The summed E-state index contributed by atoms with van der Waals surface area (Å²) in [6.45, 7) is 8.23. The predicted molar refractivity (Wildman–Crippen MR) is 87.8 cm³/mol. The molecule has 1 aromatic carbocycles. The highest BCUT2D eigenvalue weighted by Crippen LogP contribution is 2.32. The molecule has 0 saturated carbocycles. The Morgan fingerprint density at radius 1 is 1.23 bits per heavy atom. The lowest BCUT2D eigenvalue weighted by Gasteiger charge is -2.18. The Morgan fingerprint density at radius 2 is 1.86 bits per heavy atom. The summed E-state index contributed by atoms with van der Waals surface area (Å²) in [5.74, 6) is -1.09. The Labute approximate surface area is 131 Å². The smallest absolute Gasteiger partial charge is 0.306 e. The number of carboxylic acids is 1. The van der Waals surface area contributed by atoms with E-state index in [4.69, 9.17) is 5.11 Å². The number of aliphatic carboxylic acids is 1. The Balaban J connectivity index is 2.01. The van der Waals surface area contributed by atoms with Gasteiger partial charge in [-0.25, -0.2) is 0 Å². The third-order valence-corrected chi connectivity index (χ3v) is 4.82. The average molecular weight is 300 g/mol. The minimum absolute atomic E-state index is 0.356. The van der Waals surface area contributed by atoms with E-state index in [1.807, 2.05) is 7.05 Å². The van der Waals surface area contributed by atoms with Gasteiger partial charge in [-0.15, -0.1) is 0 Å². The molecule has 1 aliphatic heterocycles. The molecule has 0 amide bonds. The largest absolute Gasteiger partial charge is 0.481 e. The molecule has 1 atom stereocenters. The number of hydrogen-bond donors (Lipinski definition) is 1. The monoisotopic (exact) mass is 300 g/mol. The lowest BCUT2D eigenvalue weighted by Crippen LogP contribution is -2.24. The maximum Gasteiger partial charge on any atom is 0.306 e. The number of carbonyl (C=O) groups is 1. The molecule has 1 unspecified atom stereocenters. The highest BCUT2D eigenvalue weighted by molar-refractivity contribution is 5.86. The maximum atomic E-state index is 11.1. The van der Waals surface area contributed by atoms with Crippen LogP contribution in [0, 0.1) is 5.92 Å². The molecule has 1 aliphatic rings. The fourth-order valence-electron chi connectivity index (χ4n) is 3.33. The van der Waals surface area contributed by atoms with E-state index in [0.29, 0.717) is 12.5 Å². The zero-order valence-electron chi connectivity index (χ0n) is 13.8. The second-order valence-electron chi connectivity index (χ2n) is 6.85. The second kappa shape index (κ2) is 5.43. The Hall–Kier alpha value is -1.81. The summed E-state index contributed by atoms with van der Waals surface area (Å²) in [4.78, 5) is 13.6. The molecule has 4 heteroatoms. The molecule has 1 aromatic heterocycles. The van der Waals surface area contributed by atoms with Crippen molar-refractivity contribution in [2.75, 3.05) is 0 Å². The van der Waals surface area contributed by atoms with Crippen molar-refractivity contribution in [3.63, 3.8) is 0 Å². The van der Waals surface area contributed by atoms with Crippen molar-refractivity contribution in [2.24, 2.45) is 13.0 Å². The SMILES string of the molecule is CC(Cc1cn(C)c2cc3c(cc12)CN(C(C)C)C3)C(=O)O. The summed E-state index contributed by atoms with van der Waals surface area (Å²) in [5.41, 5.74) is 5.13. The van der Waals surface area contributed by atoms with Crippen molar-refractivity contribution in [3.8, 4) is 0 Å². The van der Waals surface area contributed by atoms with Crippen LogP contribution in [0.4, 0.5) is 0 Å². The van der Waals surface area contributed by atoms with Gasteiger partial charge in [0.1, 0.15) is 0 Å². The van der Waals surface area contributed by atoms with E-state index in [1.165, 1.54) is 22.0 Å². The molecule has 22 heavy (non-hydrogen) atoms. The van der Waals surface area contributed by atoms with Crippen LogP contribution in [0.3, 0.4) is 0 Å². The first-order valence-electron chi connectivity index (χ1n) is 7.93. The van der Waals surface area contributed by atoms with Gasteiger partial charge in [-0.2, -0.15) is 0 Å². The van der Waals surface area contributed by atoms with Crippen LogP contribution in [0.1, 0.15) is 37.5 Å². The molecule has 0 aliphatic carbocycles. The van der Waals surface area contributed by atoms with Gasteiger partial charge in [-0.1, -0.05) is 6.92 Å². The van der Waals surface area contributed by atoms with Crippen molar-refractivity contribution in [1.82, 2.24) is 9.47 Å². The molecular weight excluding hydrogens is 276 g/mol. The number of nitrogens with zero attached hydrogens (tertiary/aromatic N) is 2. The lowest BCUT2D eigenvalue weighted by molar-refractivity contribution is -0.141. The molecule has 2 aromatic rings. The third kappa shape index (κ3) is 2.52. The lowest BCUT2D eigenvalue weighted by atomic mass is 9.99. The van der Waals surface area contributed by atoms with Crippen LogP contribution in [-0.4, -0.2) is 26.6 Å². The van der Waals surface area contributed by atoms with Gasteiger partial charge in [-0.3, -0.25) is 9.69 Å². The summed E-state index contributed by atoms with van der Waals surface area (Å²) in [5, 5.41) is 10.4. The molecule has 3 rings (SSSR count). The standard InChI is InChI=1S/C18H24N2O2/c1-11(2)20-9-13-6-16-15(5-12(3)18(21)22)8-19(4)17(16)7-14(13)10-20/h6-8,11-12H,5,9-10H2,1-4H3,(H,21,22). The summed E-state index contributed by atoms with van der Waals surface area (Å²) >= 11 is 0. The number of rotatable bonds is 4. The average Bonchev–Trinajstić information content (AvgIpc) is 2.99. The predicted octanol–water partition coefficient (Wildman–Crippen LogP) is 3.17. The first kappa shape index (κ1) is 15.1. The van der Waals surface area contributed by atoms with Gasteiger partial charge in [0.05, 0.1) is 5.92 Å². The van der Waals surface area contributed by atoms with Crippen LogP contribution in [0.25, 0.3) is 10.9 Å². The molecule has 118 valence electrons. The van der Waals surface area contributed by atoms with Gasteiger partial charge in [-0.05, 0) is 49.1 Å². The number of carboxylic acid groups (broad SMARTS) is 1. The number of fused-ring (bicyclic) bond motifs is 2. The number of aryl methyl sites for hydroxylation is 1. The molecule has 0 spiro atoms. The fourth-order valence-corrected chi connectivity index (χ4v) is 3.33. The Morgan fingerprint density at radius 3 is 2.45 bits per heavy atom. The van der Waals surface area contributed by atoms with Gasteiger partial charge in [0.25, 0.3) is 0 Å². The van der Waals surface area contributed by atoms with Crippen LogP contribution in [0.15, 0.2) is 18.3 Å². The minimum atomic E-state index is -0.732. The summed E-state index contributed by atoms with van der Waals surface area (Å²) in [6.07, 6.45) is 2.67. The van der Waals surface area contributed by atoms with Crippen LogP contribution < -0.4 is 0 Å². The number of aromatic nitrogens is 1. The summed E-state index contributed by atoms with van der Waals surface area (Å²) < 4.78 is 2.12. The van der Waals surface area contributed by atoms with Gasteiger partial charge < -0.3 is 9.67 Å². The van der Waals surface area contributed by atoms with Crippen molar-refractivity contribution in [1.29, 1.82) is 0 Å². The molecule has 4 nitrogen and oxygen atoms in total. The number of hydrogen-bond acceptors (Lipinski definition) is 2. The van der Waals surface area contributed by atoms with E-state index in [1.54, 1.807) is 6.92 Å². The van der Waals surface area contributed by atoms with Crippen LogP contribution in [0.5, 0.6) is 0 Å². The highest BCUT2D eigenvalue weighted by Gasteiger charge is 2.23. The topological polar surface area (TPSA) is 45.5 Å². The third-order valence-electron chi connectivity index (χ3n) is 4.82. The maximum absolute atomic E-state index is 11.1. The van der Waals surface area contributed by atoms with Crippen LogP contribution in [-0.2, 0) is 31.4 Å². The van der Waals surface area contributed by atoms with Crippen LogP contribution in [0.2, 0.25) is 0 Å². The van der Waals surface area contributed by atoms with E-state index in [0.717, 1.165) is 18.7 Å². The quantitative estimate of drug-likeness (QED) is 0.943. The first-order valence-corrected chi connectivity index (χ1v) is 7.93. The van der Waals surface area contributed by atoms with Gasteiger partial charge in [0, 0.05) is 43.3 Å². The van der Waals surface area contributed by atoms with E-state index in [2.05, 4.69) is 41.6 Å². The van der Waals surface area contributed by atoms with Gasteiger partial charge in [0.2, 0.25) is 0 Å². The van der Waals surface area contributed by atoms with Crippen molar-refractivity contribution in [3.05, 3.63) is 35.0 Å². The normalized spacial score (nSPS) is 16.4. The first-order chi connectivity index (χ1) is 10.4. The molecule has 0 bridgehead atoms. The molecular formula is C18H24N2O2. The van der Waals surface area contributed by atoms with E-state index in [9.17, 15) is 4.79 Å². The molecule has 0 fully saturated rings. The van der Waals surface area contributed by atoms with Crippen LogP contribution >= 0.6 is 0 Å². The molecule has 2 heterocycles. The van der Waals surface area contributed by atoms with Crippen molar-refractivity contribution >= 4 is 16.9 Å². The zero-order chi connectivity index (χ0) is 16.0. The number of benzene rings is 1. The molecule has 0 saturated heterocycles. The minimum Gasteiger partial charge on any atom is -0.481 e. The second-order valence-corrected chi connectivity index (χ2v) is 6.85. The molecule has 1 N–H and O–H groups in total.